The maximum atomic E-state index is 6.32. The van der Waals surface area contributed by atoms with Crippen LogP contribution in [0.3, 0.4) is 0 Å². The summed E-state index contributed by atoms with van der Waals surface area (Å²) in [6, 6.07) is 77.5. The number of benzene rings is 9. The van der Waals surface area contributed by atoms with Crippen LogP contribution < -0.4 is 9.80 Å². The second kappa shape index (κ2) is 13.9. The van der Waals surface area contributed by atoms with Crippen LogP contribution in [0.5, 0.6) is 0 Å². The Morgan fingerprint density at radius 2 is 0.745 bits per heavy atom. The summed E-state index contributed by atoms with van der Waals surface area (Å²) in [4.78, 5) is 4.60. The van der Waals surface area contributed by atoms with Crippen LogP contribution in [-0.4, -0.2) is 0 Å². The molecule has 0 N–H and O–H groups in total. The Morgan fingerprint density at radius 3 is 1.36 bits per heavy atom. The van der Waals surface area contributed by atoms with Crippen LogP contribution in [0.4, 0.5) is 34.1 Å². The molecule has 0 saturated heterocycles. The molecule has 3 heteroatoms. The Bertz CT molecular complexity index is 2860. The van der Waals surface area contributed by atoms with Gasteiger partial charge >= 0.3 is 0 Å². The topological polar surface area (TPSA) is 19.6 Å². The fourth-order valence-corrected chi connectivity index (χ4v) is 7.87. The molecule has 0 unspecified atom stereocenters. The molecule has 55 heavy (non-hydrogen) atoms. The first-order chi connectivity index (χ1) is 27.3. The minimum Gasteiger partial charge on any atom is -0.456 e. The van der Waals surface area contributed by atoms with Crippen LogP contribution in [0.1, 0.15) is 0 Å². The lowest BCUT2D eigenvalue weighted by atomic mass is 9.89. The summed E-state index contributed by atoms with van der Waals surface area (Å²) in [6.45, 7) is 0. The fraction of sp³-hybridized carbons (Fsp3) is 0. The van der Waals surface area contributed by atoms with Crippen LogP contribution in [0.2, 0.25) is 0 Å². The van der Waals surface area contributed by atoms with Crippen LogP contribution in [0.15, 0.2) is 223 Å². The van der Waals surface area contributed by atoms with Gasteiger partial charge in [0.15, 0.2) is 0 Å². The number of para-hydroxylation sites is 4. The average Bonchev–Trinajstić information content (AvgIpc) is 3.63. The van der Waals surface area contributed by atoms with Gasteiger partial charge in [-0.05, 0) is 112 Å². The van der Waals surface area contributed by atoms with E-state index in [4.69, 9.17) is 4.42 Å². The number of furan rings is 1. The molecule has 0 bridgehead atoms. The predicted molar refractivity (Wildman–Crippen MR) is 231 cm³/mol. The van der Waals surface area contributed by atoms with Gasteiger partial charge in [0.25, 0.3) is 0 Å². The van der Waals surface area contributed by atoms with Gasteiger partial charge in [-0.1, -0.05) is 133 Å². The summed E-state index contributed by atoms with van der Waals surface area (Å²) in [6.07, 6.45) is 0. The first-order valence-electron chi connectivity index (χ1n) is 18.7. The van der Waals surface area contributed by atoms with E-state index in [1.54, 1.807) is 0 Å². The third kappa shape index (κ3) is 5.98. The maximum absolute atomic E-state index is 6.32. The van der Waals surface area contributed by atoms with Crippen LogP contribution >= 0.6 is 0 Å². The van der Waals surface area contributed by atoms with E-state index >= 15 is 0 Å². The van der Waals surface area contributed by atoms with Crippen molar-refractivity contribution in [1.82, 2.24) is 0 Å². The molecule has 0 saturated carbocycles. The molecule has 0 aliphatic carbocycles. The van der Waals surface area contributed by atoms with E-state index in [-0.39, 0.29) is 0 Å². The van der Waals surface area contributed by atoms with Crippen molar-refractivity contribution < 1.29 is 4.42 Å². The second-order valence-corrected chi connectivity index (χ2v) is 13.8. The molecule has 0 aliphatic heterocycles. The second-order valence-electron chi connectivity index (χ2n) is 13.8. The zero-order valence-corrected chi connectivity index (χ0v) is 30.1. The zero-order valence-electron chi connectivity index (χ0n) is 30.1. The monoisotopic (exact) mass is 704 g/mol. The quantitative estimate of drug-likeness (QED) is 0.157. The lowest BCUT2D eigenvalue weighted by Gasteiger charge is -2.26. The van der Waals surface area contributed by atoms with E-state index in [1.807, 2.05) is 12.1 Å². The Hall–Kier alpha value is -7.36. The molecular weight excluding hydrogens is 669 g/mol. The van der Waals surface area contributed by atoms with Crippen molar-refractivity contribution in [3.63, 3.8) is 0 Å². The third-order valence-electron chi connectivity index (χ3n) is 10.4. The Labute approximate surface area is 320 Å². The van der Waals surface area contributed by atoms with Crippen LogP contribution in [-0.2, 0) is 0 Å². The van der Waals surface area contributed by atoms with Gasteiger partial charge < -0.3 is 14.2 Å². The number of nitrogens with zero attached hydrogens (tertiary/aromatic N) is 2. The van der Waals surface area contributed by atoms with E-state index in [0.29, 0.717) is 0 Å². The summed E-state index contributed by atoms with van der Waals surface area (Å²) in [7, 11) is 0. The Balaban J connectivity index is 1.06. The zero-order chi connectivity index (χ0) is 36.6. The van der Waals surface area contributed by atoms with Crippen molar-refractivity contribution in [2.75, 3.05) is 9.80 Å². The molecule has 260 valence electrons. The molecule has 0 spiro atoms. The fourth-order valence-electron chi connectivity index (χ4n) is 7.87. The van der Waals surface area contributed by atoms with Gasteiger partial charge in [-0.2, -0.15) is 0 Å². The molecule has 9 aromatic carbocycles. The highest BCUT2D eigenvalue weighted by Crippen LogP contribution is 2.43. The molecule has 0 atom stereocenters. The van der Waals surface area contributed by atoms with Crippen molar-refractivity contribution in [2.24, 2.45) is 0 Å². The van der Waals surface area contributed by atoms with Crippen molar-refractivity contribution in [1.29, 1.82) is 0 Å². The van der Waals surface area contributed by atoms with Gasteiger partial charge in [-0.25, -0.2) is 0 Å². The lowest BCUT2D eigenvalue weighted by Crippen LogP contribution is -2.09. The van der Waals surface area contributed by atoms with E-state index in [2.05, 4.69) is 216 Å². The molecule has 1 heterocycles. The molecule has 3 nitrogen and oxygen atoms in total. The third-order valence-corrected chi connectivity index (χ3v) is 10.4. The molecule has 0 aliphatic rings. The molecule has 10 aromatic rings. The summed E-state index contributed by atoms with van der Waals surface area (Å²) < 4.78 is 6.32. The van der Waals surface area contributed by atoms with Crippen molar-refractivity contribution in [2.45, 2.75) is 0 Å². The van der Waals surface area contributed by atoms with E-state index in [0.717, 1.165) is 61.6 Å². The van der Waals surface area contributed by atoms with Gasteiger partial charge in [0.1, 0.15) is 11.2 Å². The smallest absolute Gasteiger partial charge is 0.137 e. The van der Waals surface area contributed by atoms with Crippen LogP contribution in [0, 0.1) is 0 Å². The highest BCUT2D eigenvalue weighted by Gasteiger charge is 2.18. The maximum Gasteiger partial charge on any atom is 0.137 e. The van der Waals surface area contributed by atoms with Gasteiger partial charge in [-0.15, -0.1) is 0 Å². The Kier molecular flexibility index (Phi) is 8.16. The molecule has 0 radical (unpaired) electrons. The van der Waals surface area contributed by atoms with Gasteiger partial charge in [0.2, 0.25) is 0 Å². The van der Waals surface area contributed by atoms with E-state index in [9.17, 15) is 0 Å². The summed E-state index contributed by atoms with van der Waals surface area (Å²) in [5, 5.41) is 4.69. The highest BCUT2D eigenvalue weighted by atomic mass is 16.3. The number of hydrogen-bond acceptors (Lipinski definition) is 3. The number of hydrogen-bond donors (Lipinski definition) is 0. The number of anilines is 6. The summed E-state index contributed by atoms with van der Waals surface area (Å²) in [5.41, 5.74) is 13.0. The van der Waals surface area contributed by atoms with Gasteiger partial charge in [0, 0.05) is 51.0 Å². The van der Waals surface area contributed by atoms with E-state index in [1.165, 1.54) is 27.5 Å². The molecule has 1 aromatic heterocycles. The van der Waals surface area contributed by atoms with Crippen molar-refractivity contribution in [3.8, 4) is 22.3 Å². The van der Waals surface area contributed by atoms with Crippen molar-refractivity contribution >= 4 is 66.8 Å². The molecular formula is C52H36N2O. The molecule has 0 amide bonds. The average molecular weight is 705 g/mol. The summed E-state index contributed by atoms with van der Waals surface area (Å²) >= 11 is 0. The largest absolute Gasteiger partial charge is 0.456 e. The minimum absolute atomic E-state index is 0.874. The van der Waals surface area contributed by atoms with Crippen LogP contribution in [0.25, 0.3) is 55.0 Å². The Morgan fingerprint density at radius 1 is 0.291 bits per heavy atom. The molecule has 10 rings (SSSR count). The molecule has 0 fully saturated rings. The number of fused-ring (bicyclic) bond motifs is 4. The standard InChI is InChI=1S/C52H36N2O/c1-4-15-40(16-5-1)53(41-17-6-2-7-18-41)43-31-26-39(27-32-43)52-46-21-11-10-14-37(46)28-34-47(52)38-24-29-44(30-25-38)54(42-19-8-3-9-20-42)45-33-35-49-48-22-12-13-23-50(48)55-51(49)36-45/h1-36H. The van der Waals surface area contributed by atoms with Gasteiger partial charge in [0.05, 0.1) is 0 Å². The predicted octanol–water partition coefficient (Wildman–Crippen LogP) is 15.0. The normalized spacial score (nSPS) is 11.3. The first-order valence-corrected chi connectivity index (χ1v) is 18.7. The van der Waals surface area contributed by atoms with Gasteiger partial charge in [-0.3, -0.25) is 0 Å². The summed E-state index contributed by atoms with van der Waals surface area (Å²) in [5.74, 6) is 0. The lowest BCUT2D eigenvalue weighted by molar-refractivity contribution is 0.669. The minimum atomic E-state index is 0.874. The first kappa shape index (κ1) is 32.3. The SMILES string of the molecule is c1ccc(N(c2ccccc2)c2ccc(-c3c(-c4ccc(N(c5ccccc5)c5ccc6c(c5)oc5ccccc56)cc4)ccc4ccccc34)cc2)cc1. The number of rotatable bonds is 8. The van der Waals surface area contributed by atoms with E-state index < -0.39 is 0 Å². The highest BCUT2D eigenvalue weighted by molar-refractivity contribution is 6.07. The van der Waals surface area contributed by atoms with Crippen molar-refractivity contribution in [3.05, 3.63) is 218 Å².